The molecule has 130 valence electrons. The van der Waals surface area contributed by atoms with Crippen LogP contribution < -0.4 is 5.32 Å². The van der Waals surface area contributed by atoms with Gasteiger partial charge in [-0.05, 0) is 19.8 Å². The van der Waals surface area contributed by atoms with Gasteiger partial charge in [-0.15, -0.1) is 0 Å². The molecule has 0 aliphatic carbocycles. The number of aromatic nitrogens is 2. The van der Waals surface area contributed by atoms with Gasteiger partial charge in [0.15, 0.2) is 0 Å². The van der Waals surface area contributed by atoms with Crippen LogP contribution in [0.15, 0.2) is 0 Å². The molecule has 1 fully saturated rings. The molecular weight excluding hydrogens is 292 g/mol. The van der Waals surface area contributed by atoms with Crippen molar-refractivity contribution in [3.05, 3.63) is 17.0 Å². The largest absolute Gasteiger partial charge is 0.374 e. The van der Waals surface area contributed by atoms with Crippen molar-refractivity contribution in [3.8, 4) is 0 Å². The van der Waals surface area contributed by atoms with E-state index in [1.54, 1.807) is 0 Å². The van der Waals surface area contributed by atoms with Gasteiger partial charge in [-0.1, -0.05) is 13.8 Å². The van der Waals surface area contributed by atoms with E-state index in [-0.39, 0.29) is 12.0 Å². The predicted molar refractivity (Wildman–Crippen MR) is 90.4 cm³/mol. The van der Waals surface area contributed by atoms with Crippen molar-refractivity contribution in [1.29, 1.82) is 0 Å². The lowest BCUT2D eigenvalue weighted by molar-refractivity contribution is -0.121. The number of amides is 1. The number of hydrogen-bond acceptors (Lipinski definition) is 4. The Hall–Kier alpha value is -1.40. The zero-order valence-electron chi connectivity index (χ0n) is 15.1. The summed E-state index contributed by atoms with van der Waals surface area (Å²) in [5, 5.41) is 7.37. The van der Waals surface area contributed by atoms with Crippen LogP contribution >= 0.6 is 0 Å². The van der Waals surface area contributed by atoms with Gasteiger partial charge in [0.2, 0.25) is 5.91 Å². The Morgan fingerprint density at radius 1 is 1.43 bits per heavy atom. The predicted octanol–water partition coefficient (Wildman–Crippen LogP) is 1.05. The standard InChI is InChI=1S/C17H30N4O2/c1-12(2)10-21-6-7-23-15(11-21)9-18-17(22)8-16-13(3)19-20(5)14(16)4/h12,15H,6-11H2,1-5H3,(H,18,22). The van der Waals surface area contributed by atoms with Crippen LogP contribution in [0, 0.1) is 19.8 Å². The zero-order valence-corrected chi connectivity index (χ0v) is 15.1. The third kappa shape index (κ3) is 5.04. The summed E-state index contributed by atoms with van der Waals surface area (Å²) in [5.41, 5.74) is 3.00. The lowest BCUT2D eigenvalue weighted by atomic mass is 10.1. The van der Waals surface area contributed by atoms with Gasteiger partial charge in [-0.2, -0.15) is 5.10 Å². The Kier molecular flexibility index (Phi) is 6.18. The molecule has 0 saturated carbocycles. The molecule has 1 amide bonds. The molecule has 23 heavy (non-hydrogen) atoms. The van der Waals surface area contributed by atoms with Crippen LogP contribution in [0.1, 0.15) is 30.8 Å². The average molecular weight is 322 g/mol. The summed E-state index contributed by atoms with van der Waals surface area (Å²) in [6.07, 6.45) is 0.469. The fraction of sp³-hybridized carbons (Fsp3) is 0.765. The van der Waals surface area contributed by atoms with E-state index in [1.807, 2.05) is 25.6 Å². The number of ether oxygens (including phenoxy) is 1. The highest BCUT2D eigenvalue weighted by molar-refractivity contribution is 5.79. The van der Waals surface area contributed by atoms with E-state index in [0.29, 0.717) is 18.9 Å². The Balaban J connectivity index is 1.80. The van der Waals surface area contributed by atoms with E-state index in [2.05, 4.69) is 29.2 Å². The first kappa shape index (κ1) is 17.9. The van der Waals surface area contributed by atoms with Gasteiger partial charge in [0, 0.05) is 44.5 Å². The Morgan fingerprint density at radius 2 is 2.17 bits per heavy atom. The number of carbonyl (C=O) groups is 1. The van der Waals surface area contributed by atoms with E-state index in [1.165, 1.54) is 0 Å². The highest BCUT2D eigenvalue weighted by Gasteiger charge is 2.22. The van der Waals surface area contributed by atoms with Crippen LogP contribution in [0.2, 0.25) is 0 Å². The summed E-state index contributed by atoms with van der Waals surface area (Å²) in [7, 11) is 1.91. The molecule has 2 rings (SSSR count). The minimum Gasteiger partial charge on any atom is -0.374 e. The molecule has 1 unspecified atom stereocenters. The Labute approximate surface area is 139 Å². The van der Waals surface area contributed by atoms with Crippen LogP contribution in [0.5, 0.6) is 0 Å². The SMILES string of the molecule is Cc1nn(C)c(C)c1CC(=O)NCC1CN(CC(C)C)CCO1. The molecule has 6 nitrogen and oxygen atoms in total. The van der Waals surface area contributed by atoms with Crippen molar-refractivity contribution in [3.63, 3.8) is 0 Å². The van der Waals surface area contributed by atoms with E-state index in [0.717, 1.165) is 43.2 Å². The molecule has 2 heterocycles. The van der Waals surface area contributed by atoms with Gasteiger partial charge in [0.25, 0.3) is 0 Å². The smallest absolute Gasteiger partial charge is 0.224 e. The molecular formula is C17H30N4O2. The third-order valence-corrected chi connectivity index (χ3v) is 4.37. The van der Waals surface area contributed by atoms with E-state index in [4.69, 9.17) is 4.74 Å². The molecule has 1 aliphatic rings. The molecule has 0 radical (unpaired) electrons. The van der Waals surface area contributed by atoms with Crippen LogP contribution in [0.4, 0.5) is 0 Å². The maximum absolute atomic E-state index is 12.2. The number of rotatable bonds is 6. The van der Waals surface area contributed by atoms with E-state index >= 15 is 0 Å². The van der Waals surface area contributed by atoms with Crippen molar-refractivity contribution in [2.24, 2.45) is 13.0 Å². The summed E-state index contributed by atoms with van der Waals surface area (Å²) in [6, 6.07) is 0. The maximum Gasteiger partial charge on any atom is 0.224 e. The molecule has 1 atom stereocenters. The topological polar surface area (TPSA) is 59.4 Å². The number of hydrogen-bond donors (Lipinski definition) is 1. The second kappa shape index (κ2) is 7.93. The first-order valence-corrected chi connectivity index (χ1v) is 8.46. The lowest BCUT2D eigenvalue weighted by Crippen LogP contribution is -2.48. The highest BCUT2D eigenvalue weighted by atomic mass is 16.5. The molecule has 1 aromatic rings. The summed E-state index contributed by atoms with van der Waals surface area (Å²) in [4.78, 5) is 14.6. The highest BCUT2D eigenvalue weighted by Crippen LogP contribution is 2.12. The third-order valence-electron chi connectivity index (χ3n) is 4.37. The first-order valence-electron chi connectivity index (χ1n) is 8.46. The van der Waals surface area contributed by atoms with Crippen molar-refractivity contribution >= 4 is 5.91 Å². The summed E-state index contributed by atoms with van der Waals surface area (Å²) >= 11 is 0. The molecule has 0 bridgehead atoms. The maximum atomic E-state index is 12.2. The summed E-state index contributed by atoms with van der Waals surface area (Å²) < 4.78 is 7.59. The quantitative estimate of drug-likeness (QED) is 0.850. The molecule has 0 spiro atoms. The number of morpholine rings is 1. The lowest BCUT2D eigenvalue weighted by Gasteiger charge is -2.33. The first-order chi connectivity index (χ1) is 10.9. The second-order valence-corrected chi connectivity index (χ2v) is 6.90. The fourth-order valence-electron chi connectivity index (χ4n) is 3.11. The molecule has 6 heteroatoms. The number of carbonyl (C=O) groups excluding carboxylic acids is 1. The normalized spacial score (nSPS) is 19.3. The fourth-order valence-corrected chi connectivity index (χ4v) is 3.11. The summed E-state index contributed by atoms with van der Waals surface area (Å²) in [6.45, 7) is 12.7. The van der Waals surface area contributed by atoms with Crippen molar-refractivity contribution in [2.75, 3.05) is 32.8 Å². The minimum atomic E-state index is 0.0359. The van der Waals surface area contributed by atoms with Crippen molar-refractivity contribution in [2.45, 2.75) is 40.2 Å². The van der Waals surface area contributed by atoms with Gasteiger partial charge < -0.3 is 10.1 Å². The van der Waals surface area contributed by atoms with Crippen LogP contribution in [0.3, 0.4) is 0 Å². The second-order valence-electron chi connectivity index (χ2n) is 6.90. The monoisotopic (exact) mass is 322 g/mol. The van der Waals surface area contributed by atoms with Gasteiger partial charge in [0.05, 0.1) is 24.8 Å². The Morgan fingerprint density at radius 3 is 2.78 bits per heavy atom. The van der Waals surface area contributed by atoms with Crippen molar-refractivity contribution in [1.82, 2.24) is 20.0 Å². The van der Waals surface area contributed by atoms with Gasteiger partial charge in [-0.3, -0.25) is 14.4 Å². The summed E-state index contributed by atoms with van der Waals surface area (Å²) in [5.74, 6) is 0.689. The molecule has 1 aliphatic heterocycles. The van der Waals surface area contributed by atoms with Crippen LogP contribution in [0.25, 0.3) is 0 Å². The Bertz CT molecular complexity index is 539. The molecule has 1 saturated heterocycles. The van der Waals surface area contributed by atoms with Gasteiger partial charge in [0.1, 0.15) is 0 Å². The van der Waals surface area contributed by atoms with Crippen molar-refractivity contribution < 1.29 is 9.53 Å². The van der Waals surface area contributed by atoms with E-state index in [9.17, 15) is 4.79 Å². The zero-order chi connectivity index (χ0) is 17.0. The number of nitrogens with one attached hydrogen (secondary N) is 1. The molecule has 1 aromatic heterocycles. The number of nitrogens with zero attached hydrogens (tertiary/aromatic N) is 3. The van der Waals surface area contributed by atoms with E-state index < -0.39 is 0 Å². The van der Waals surface area contributed by atoms with Crippen LogP contribution in [-0.2, 0) is 23.0 Å². The van der Waals surface area contributed by atoms with Crippen LogP contribution in [-0.4, -0.2) is 59.5 Å². The average Bonchev–Trinajstić information content (AvgIpc) is 2.71. The molecule has 1 N–H and O–H groups in total. The number of aryl methyl sites for hydroxylation is 2. The minimum absolute atomic E-state index is 0.0359. The van der Waals surface area contributed by atoms with Gasteiger partial charge in [-0.25, -0.2) is 0 Å². The van der Waals surface area contributed by atoms with Gasteiger partial charge >= 0.3 is 0 Å². The molecule has 0 aromatic carbocycles.